The van der Waals surface area contributed by atoms with Crippen molar-refractivity contribution in [2.45, 2.75) is 40.7 Å². The third kappa shape index (κ3) is 4.59. The van der Waals surface area contributed by atoms with Gasteiger partial charge in [0.1, 0.15) is 0 Å². The Hall–Kier alpha value is -0.790. The Morgan fingerprint density at radius 3 is 2.27 bits per heavy atom. The molecule has 0 aliphatic rings. The first-order valence-corrected chi connectivity index (χ1v) is 4.01. The number of hydrogen-bond donors (Lipinski definition) is 1. The highest BCUT2D eigenvalue weighted by Gasteiger charge is 1.92. The maximum Gasteiger partial charge on any atom is 0.0598 e. The van der Waals surface area contributed by atoms with E-state index in [1.807, 2.05) is 13.8 Å². The van der Waals surface area contributed by atoms with Crippen LogP contribution in [0.15, 0.2) is 16.8 Å². The smallest absolute Gasteiger partial charge is 0.0598 e. The van der Waals surface area contributed by atoms with Crippen molar-refractivity contribution in [1.82, 2.24) is 5.43 Å². The van der Waals surface area contributed by atoms with E-state index >= 15 is 0 Å². The number of rotatable bonds is 3. The van der Waals surface area contributed by atoms with Gasteiger partial charge in [0.2, 0.25) is 0 Å². The molecule has 0 aliphatic carbocycles. The Labute approximate surface area is 69.4 Å². The van der Waals surface area contributed by atoms with E-state index in [1.54, 1.807) is 0 Å². The summed E-state index contributed by atoms with van der Waals surface area (Å²) >= 11 is 0. The van der Waals surface area contributed by atoms with Gasteiger partial charge in [-0.1, -0.05) is 6.08 Å². The molecule has 0 saturated heterocycles. The summed E-state index contributed by atoms with van der Waals surface area (Å²) in [6, 6.07) is 0.412. The van der Waals surface area contributed by atoms with Gasteiger partial charge < -0.3 is 5.43 Å². The summed E-state index contributed by atoms with van der Waals surface area (Å²) in [5, 5.41) is 4.19. The van der Waals surface area contributed by atoms with Gasteiger partial charge >= 0.3 is 0 Å². The number of nitrogens with one attached hydrogen (secondary N) is 1. The summed E-state index contributed by atoms with van der Waals surface area (Å²) in [4.78, 5) is 0. The van der Waals surface area contributed by atoms with Gasteiger partial charge in [0.05, 0.1) is 5.71 Å². The number of nitrogens with zero attached hydrogens (tertiary/aromatic N) is 1. The largest absolute Gasteiger partial charge is 0.307 e. The van der Waals surface area contributed by atoms with Crippen molar-refractivity contribution in [3.8, 4) is 0 Å². The van der Waals surface area contributed by atoms with E-state index < -0.39 is 0 Å². The molecule has 0 radical (unpaired) electrons. The zero-order valence-corrected chi connectivity index (χ0v) is 8.10. The van der Waals surface area contributed by atoms with Crippen LogP contribution in [-0.4, -0.2) is 11.8 Å². The third-order valence-corrected chi connectivity index (χ3v) is 1.49. The van der Waals surface area contributed by atoms with Crippen LogP contribution >= 0.6 is 0 Å². The van der Waals surface area contributed by atoms with Crippen LogP contribution < -0.4 is 5.43 Å². The molecule has 0 aliphatic heterocycles. The van der Waals surface area contributed by atoms with E-state index in [-0.39, 0.29) is 0 Å². The molecule has 0 rings (SSSR count). The highest BCUT2D eigenvalue weighted by atomic mass is 15.3. The Morgan fingerprint density at radius 1 is 1.36 bits per heavy atom. The molecule has 0 saturated carbocycles. The fourth-order valence-corrected chi connectivity index (χ4v) is 0.523. The predicted molar refractivity (Wildman–Crippen MR) is 50.8 cm³/mol. The molecule has 64 valence electrons. The molecule has 0 spiro atoms. The second kappa shape index (κ2) is 4.94. The predicted octanol–water partition coefficient (Wildman–Crippen LogP) is 2.33. The number of hydrazone groups is 1. The maximum atomic E-state index is 4.19. The topological polar surface area (TPSA) is 24.4 Å². The molecular weight excluding hydrogens is 136 g/mol. The first-order chi connectivity index (χ1) is 5.07. The average Bonchev–Trinajstić information content (AvgIpc) is 1.98. The highest BCUT2D eigenvalue weighted by molar-refractivity contribution is 5.97. The summed E-state index contributed by atoms with van der Waals surface area (Å²) < 4.78 is 0. The van der Waals surface area contributed by atoms with Gasteiger partial charge in [-0.05, 0) is 40.2 Å². The van der Waals surface area contributed by atoms with Crippen molar-refractivity contribution in [2.75, 3.05) is 0 Å². The molecule has 0 fully saturated rings. The fraction of sp³-hybridized carbons (Fsp3) is 0.667. The summed E-state index contributed by atoms with van der Waals surface area (Å²) in [6.45, 7) is 10.2. The van der Waals surface area contributed by atoms with Crippen molar-refractivity contribution in [2.24, 2.45) is 5.10 Å². The van der Waals surface area contributed by atoms with Crippen LogP contribution in [-0.2, 0) is 0 Å². The minimum Gasteiger partial charge on any atom is -0.307 e. The second-order valence-corrected chi connectivity index (χ2v) is 2.95. The van der Waals surface area contributed by atoms with Gasteiger partial charge in [0.15, 0.2) is 0 Å². The molecule has 2 nitrogen and oxygen atoms in total. The molecule has 0 aromatic carbocycles. The van der Waals surface area contributed by atoms with Gasteiger partial charge in [0, 0.05) is 6.04 Å². The maximum absolute atomic E-state index is 4.19. The summed E-state index contributed by atoms with van der Waals surface area (Å²) in [5.41, 5.74) is 5.28. The fourth-order valence-electron chi connectivity index (χ4n) is 0.523. The molecule has 0 aromatic rings. The van der Waals surface area contributed by atoms with E-state index in [2.05, 4.69) is 37.4 Å². The van der Waals surface area contributed by atoms with Crippen LogP contribution in [0.25, 0.3) is 0 Å². The van der Waals surface area contributed by atoms with Crippen molar-refractivity contribution in [3.05, 3.63) is 11.6 Å². The Kier molecular flexibility index (Phi) is 4.59. The lowest BCUT2D eigenvalue weighted by Gasteiger charge is -2.05. The molecule has 0 aromatic heterocycles. The summed E-state index contributed by atoms with van der Waals surface area (Å²) in [7, 11) is 0. The standard InChI is InChI=1S/C9H18N2/c1-6-8(4)9(5)11-10-7(2)3/h6-7,10H,1-5H3/b8-6+,11-9+. The van der Waals surface area contributed by atoms with E-state index in [4.69, 9.17) is 0 Å². The first kappa shape index (κ1) is 10.2. The van der Waals surface area contributed by atoms with Crippen LogP contribution in [0.4, 0.5) is 0 Å². The molecule has 0 heterocycles. The monoisotopic (exact) mass is 154 g/mol. The van der Waals surface area contributed by atoms with Gasteiger partial charge in [-0.25, -0.2) is 0 Å². The first-order valence-electron chi connectivity index (χ1n) is 4.01. The van der Waals surface area contributed by atoms with Crippen molar-refractivity contribution >= 4 is 5.71 Å². The Morgan fingerprint density at radius 2 is 1.91 bits per heavy atom. The molecule has 0 bridgehead atoms. The average molecular weight is 154 g/mol. The lowest BCUT2D eigenvalue weighted by atomic mass is 10.2. The molecule has 0 atom stereocenters. The van der Waals surface area contributed by atoms with Crippen LogP contribution in [0.3, 0.4) is 0 Å². The second-order valence-electron chi connectivity index (χ2n) is 2.95. The normalized spacial score (nSPS) is 14.0. The van der Waals surface area contributed by atoms with Gasteiger partial charge in [-0.3, -0.25) is 0 Å². The summed E-state index contributed by atoms with van der Waals surface area (Å²) in [5.74, 6) is 0. The van der Waals surface area contributed by atoms with Gasteiger partial charge in [0.25, 0.3) is 0 Å². The number of allylic oxidation sites excluding steroid dienone is 2. The zero-order valence-electron chi connectivity index (χ0n) is 8.10. The van der Waals surface area contributed by atoms with Crippen molar-refractivity contribution in [1.29, 1.82) is 0 Å². The molecule has 11 heavy (non-hydrogen) atoms. The molecule has 1 N–H and O–H groups in total. The SMILES string of the molecule is C/C=C(C)/C(C)=N/NC(C)C. The van der Waals surface area contributed by atoms with Crippen LogP contribution in [0.1, 0.15) is 34.6 Å². The Bertz CT molecular complexity index is 166. The van der Waals surface area contributed by atoms with E-state index in [9.17, 15) is 0 Å². The number of hydrogen-bond acceptors (Lipinski definition) is 2. The van der Waals surface area contributed by atoms with Crippen LogP contribution in [0.2, 0.25) is 0 Å². The molecule has 2 heteroatoms. The summed E-state index contributed by atoms with van der Waals surface area (Å²) in [6.07, 6.45) is 2.06. The van der Waals surface area contributed by atoms with Crippen molar-refractivity contribution < 1.29 is 0 Å². The Balaban J connectivity index is 4.01. The third-order valence-electron chi connectivity index (χ3n) is 1.49. The molecule has 0 unspecified atom stereocenters. The minimum atomic E-state index is 0.412. The van der Waals surface area contributed by atoms with Gasteiger partial charge in [-0.15, -0.1) is 0 Å². The molecule has 0 amide bonds. The van der Waals surface area contributed by atoms with E-state index in [1.165, 1.54) is 5.57 Å². The lowest BCUT2D eigenvalue weighted by Crippen LogP contribution is -2.17. The van der Waals surface area contributed by atoms with E-state index in [0.717, 1.165) is 5.71 Å². The minimum absolute atomic E-state index is 0.412. The van der Waals surface area contributed by atoms with Crippen LogP contribution in [0.5, 0.6) is 0 Å². The quantitative estimate of drug-likeness (QED) is 0.489. The van der Waals surface area contributed by atoms with E-state index in [0.29, 0.717) is 6.04 Å². The van der Waals surface area contributed by atoms with Gasteiger partial charge in [-0.2, -0.15) is 5.10 Å². The zero-order chi connectivity index (χ0) is 8.85. The van der Waals surface area contributed by atoms with Crippen LogP contribution in [0, 0.1) is 0 Å². The lowest BCUT2D eigenvalue weighted by molar-refractivity contribution is 0.620. The van der Waals surface area contributed by atoms with Crippen molar-refractivity contribution in [3.63, 3.8) is 0 Å². The molecular formula is C9H18N2. The highest BCUT2D eigenvalue weighted by Crippen LogP contribution is 1.94.